The number of halogens is 3. The largest absolute Gasteiger partial charge is 0.422 e. The van der Waals surface area contributed by atoms with Crippen LogP contribution in [-0.2, 0) is 6.54 Å². The molecule has 0 aliphatic carbocycles. The van der Waals surface area contributed by atoms with Crippen LogP contribution in [0.15, 0.2) is 39.5 Å². The summed E-state index contributed by atoms with van der Waals surface area (Å²) in [5, 5.41) is 3.33. The Labute approximate surface area is 160 Å². The maximum atomic E-state index is 13.8. The molecule has 0 bridgehead atoms. The molecule has 0 saturated carbocycles. The predicted octanol–water partition coefficient (Wildman–Crippen LogP) is 4.68. The molecule has 26 heavy (non-hydrogen) atoms. The second-order valence-corrected chi connectivity index (χ2v) is 7.31. The van der Waals surface area contributed by atoms with E-state index in [4.69, 9.17) is 27.6 Å². The highest BCUT2D eigenvalue weighted by atomic mass is 35.5. The second kappa shape index (κ2) is 7.39. The Bertz CT molecular complexity index is 1050. The number of fused-ring (bicyclic) bond motifs is 1. The molecule has 0 radical (unpaired) electrons. The third-order valence-corrected chi connectivity index (χ3v) is 5.36. The zero-order chi connectivity index (χ0) is 19.0. The van der Waals surface area contributed by atoms with Gasteiger partial charge in [0.15, 0.2) is 0 Å². The standard InChI is InChI=1S/C20H18Cl2FNO2/c1-10-4-5-14-13(6-19(25)26-20(14)11(10)2)9-24-12(3)15-7-18(23)17(22)8-16(15)21/h4-8,12,24H,9H2,1-3H3/p+1/t12-/m0/s1. The van der Waals surface area contributed by atoms with Crippen LogP contribution in [-0.4, -0.2) is 0 Å². The summed E-state index contributed by atoms with van der Waals surface area (Å²) >= 11 is 12.0. The number of hydrogen-bond acceptors (Lipinski definition) is 2. The summed E-state index contributed by atoms with van der Waals surface area (Å²) in [7, 11) is 0. The number of aryl methyl sites for hydroxylation is 2. The van der Waals surface area contributed by atoms with Crippen molar-refractivity contribution < 1.29 is 14.1 Å². The van der Waals surface area contributed by atoms with E-state index < -0.39 is 5.82 Å². The lowest BCUT2D eigenvalue weighted by molar-refractivity contribution is -0.707. The van der Waals surface area contributed by atoms with Crippen molar-refractivity contribution in [2.24, 2.45) is 0 Å². The lowest BCUT2D eigenvalue weighted by atomic mass is 10.0. The fraction of sp³-hybridized carbons (Fsp3) is 0.250. The van der Waals surface area contributed by atoms with Gasteiger partial charge in [0, 0.05) is 22.6 Å². The average molecular weight is 395 g/mol. The van der Waals surface area contributed by atoms with Gasteiger partial charge in [-0.3, -0.25) is 0 Å². The van der Waals surface area contributed by atoms with E-state index in [1.54, 1.807) is 0 Å². The van der Waals surface area contributed by atoms with Gasteiger partial charge in [0.2, 0.25) is 0 Å². The van der Waals surface area contributed by atoms with Crippen LogP contribution >= 0.6 is 23.2 Å². The molecule has 1 aromatic heterocycles. The summed E-state index contributed by atoms with van der Waals surface area (Å²) < 4.78 is 19.2. The van der Waals surface area contributed by atoms with Gasteiger partial charge in [0.1, 0.15) is 24.0 Å². The molecule has 2 aromatic carbocycles. The van der Waals surface area contributed by atoms with E-state index in [1.807, 2.05) is 38.2 Å². The van der Waals surface area contributed by atoms with Crippen LogP contribution < -0.4 is 10.9 Å². The van der Waals surface area contributed by atoms with Crippen molar-refractivity contribution in [3.05, 3.63) is 78.9 Å². The Morgan fingerprint density at radius 3 is 2.62 bits per heavy atom. The number of benzene rings is 2. The van der Waals surface area contributed by atoms with Crippen molar-refractivity contribution in [2.75, 3.05) is 0 Å². The third kappa shape index (κ3) is 3.63. The van der Waals surface area contributed by atoms with Crippen LogP contribution in [0.4, 0.5) is 4.39 Å². The molecule has 2 N–H and O–H groups in total. The van der Waals surface area contributed by atoms with Crippen LogP contribution in [0.5, 0.6) is 0 Å². The molecule has 1 atom stereocenters. The number of quaternary nitrogens is 1. The Morgan fingerprint density at radius 1 is 1.15 bits per heavy atom. The van der Waals surface area contributed by atoms with Crippen molar-refractivity contribution in [1.29, 1.82) is 0 Å². The van der Waals surface area contributed by atoms with Gasteiger partial charge in [0.25, 0.3) is 0 Å². The number of hydrogen-bond donors (Lipinski definition) is 1. The number of rotatable bonds is 4. The highest BCUT2D eigenvalue weighted by Gasteiger charge is 2.17. The fourth-order valence-electron chi connectivity index (χ4n) is 3.01. The average Bonchev–Trinajstić information content (AvgIpc) is 2.59. The van der Waals surface area contributed by atoms with E-state index in [-0.39, 0.29) is 16.7 Å². The summed E-state index contributed by atoms with van der Waals surface area (Å²) in [4.78, 5) is 12.0. The van der Waals surface area contributed by atoms with Crippen LogP contribution in [0.25, 0.3) is 11.0 Å². The minimum Gasteiger partial charge on any atom is -0.422 e. The minimum atomic E-state index is -0.497. The van der Waals surface area contributed by atoms with Crippen LogP contribution in [0.2, 0.25) is 10.0 Å². The molecule has 136 valence electrons. The molecule has 0 spiro atoms. The van der Waals surface area contributed by atoms with Crippen LogP contribution in [0.1, 0.15) is 35.2 Å². The molecular formula is C20H19Cl2FNO2+. The smallest absolute Gasteiger partial charge is 0.336 e. The van der Waals surface area contributed by atoms with E-state index in [0.29, 0.717) is 22.7 Å². The lowest BCUT2D eigenvalue weighted by Crippen LogP contribution is -2.83. The maximum Gasteiger partial charge on any atom is 0.336 e. The fourth-order valence-corrected chi connectivity index (χ4v) is 3.57. The first-order valence-corrected chi connectivity index (χ1v) is 9.04. The Morgan fingerprint density at radius 2 is 1.88 bits per heavy atom. The zero-order valence-corrected chi connectivity index (χ0v) is 16.2. The van der Waals surface area contributed by atoms with E-state index in [0.717, 1.165) is 22.1 Å². The molecule has 3 nitrogen and oxygen atoms in total. The van der Waals surface area contributed by atoms with Gasteiger partial charge in [-0.2, -0.15) is 0 Å². The summed E-state index contributed by atoms with van der Waals surface area (Å²) in [6.45, 7) is 6.38. The molecule has 0 unspecified atom stereocenters. The van der Waals surface area contributed by atoms with Gasteiger partial charge in [-0.25, -0.2) is 9.18 Å². The Balaban J connectivity index is 1.92. The van der Waals surface area contributed by atoms with E-state index in [1.165, 1.54) is 18.2 Å². The van der Waals surface area contributed by atoms with E-state index in [9.17, 15) is 9.18 Å². The van der Waals surface area contributed by atoms with E-state index >= 15 is 0 Å². The summed E-state index contributed by atoms with van der Waals surface area (Å²) in [6, 6.07) is 8.14. The molecule has 6 heteroatoms. The van der Waals surface area contributed by atoms with Gasteiger partial charge >= 0.3 is 5.63 Å². The summed E-state index contributed by atoms with van der Waals surface area (Å²) in [5.41, 5.74) is 3.79. The molecule has 0 amide bonds. The Hall–Kier alpha value is -1.88. The maximum absolute atomic E-state index is 13.8. The molecule has 0 saturated heterocycles. The first kappa shape index (κ1) is 18.9. The van der Waals surface area contributed by atoms with Crippen molar-refractivity contribution in [2.45, 2.75) is 33.4 Å². The van der Waals surface area contributed by atoms with Gasteiger partial charge in [-0.15, -0.1) is 0 Å². The lowest BCUT2D eigenvalue weighted by Gasteiger charge is -2.14. The van der Waals surface area contributed by atoms with Crippen LogP contribution in [0, 0.1) is 19.7 Å². The van der Waals surface area contributed by atoms with Gasteiger partial charge < -0.3 is 9.73 Å². The Kier molecular flexibility index (Phi) is 5.37. The highest BCUT2D eigenvalue weighted by molar-refractivity contribution is 6.35. The van der Waals surface area contributed by atoms with Crippen molar-refractivity contribution >= 4 is 34.2 Å². The minimum absolute atomic E-state index is 0.00320. The molecule has 3 rings (SSSR count). The van der Waals surface area contributed by atoms with Gasteiger partial charge in [-0.05, 0) is 44.0 Å². The first-order valence-electron chi connectivity index (χ1n) is 8.28. The molecule has 0 fully saturated rings. The normalized spacial score (nSPS) is 12.5. The predicted molar refractivity (Wildman–Crippen MR) is 102 cm³/mol. The van der Waals surface area contributed by atoms with Crippen LogP contribution in [0.3, 0.4) is 0 Å². The highest BCUT2D eigenvalue weighted by Crippen LogP contribution is 2.27. The summed E-state index contributed by atoms with van der Waals surface area (Å²) in [6.07, 6.45) is 0. The van der Waals surface area contributed by atoms with Crippen molar-refractivity contribution in [1.82, 2.24) is 0 Å². The quantitative estimate of drug-likeness (QED) is 0.515. The zero-order valence-electron chi connectivity index (χ0n) is 14.7. The third-order valence-electron chi connectivity index (χ3n) is 4.74. The van der Waals surface area contributed by atoms with Crippen molar-refractivity contribution in [3.63, 3.8) is 0 Å². The molecule has 0 aliphatic heterocycles. The van der Waals surface area contributed by atoms with E-state index in [2.05, 4.69) is 0 Å². The summed E-state index contributed by atoms with van der Waals surface area (Å²) in [5.74, 6) is -0.497. The monoisotopic (exact) mass is 394 g/mol. The van der Waals surface area contributed by atoms with Crippen molar-refractivity contribution in [3.8, 4) is 0 Å². The molecule has 0 aliphatic rings. The second-order valence-electron chi connectivity index (χ2n) is 6.49. The molecular weight excluding hydrogens is 376 g/mol. The topological polar surface area (TPSA) is 46.8 Å². The van der Waals surface area contributed by atoms with Gasteiger partial charge in [0.05, 0.1) is 10.0 Å². The first-order chi connectivity index (χ1) is 12.3. The molecule has 3 aromatic rings. The number of nitrogens with two attached hydrogens (primary N) is 1. The molecule has 1 heterocycles. The van der Waals surface area contributed by atoms with Gasteiger partial charge in [-0.1, -0.05) is 35.3 Å². The SMILES string of the molecule is Cc1ccc2c(C[NH2+][C@@H](C)c3cc(F)c(Cl)cc3Cl)cc(=O)oc2c1C.